The average molecular weight is 342 g/mol. The van der Waals surface area contributed by atoms with Crippen LogP contribution < -0.4 is 15.2 Å². The third-order valence-corrected chi connectivity index (χ3v) is 5.26. The summed E-state index contributed by atoms with van der Waals surface area (Å²) in [7, 11) is -2.06. The number of rotatable bonds is 5. The molecule has 0 aliphatic carbocycles. The highest BCUT2D eigenvalue weighted by Crippen LogP contribution is 2.28. The number of nitrogens with one attached hydrogen (secondary N) is 1. The smallest absolute Gasteiger partial charge is 0.240 e. The van der Waals surface area contributed by atoms with Crippen molar-refractivity contribution in [3.05, 3.63) is 66.2 Å². The van der Waals surface area contributed by atoms with Gasteiger partial charge in [-0.25, -0.2) is 13.1 Å². The van der Waals surface area contributed by atoms with Crippen LogP contribution in [0.5, 0.6) is 5.75 Å². The fourth-order valence-corrected chi connectivity index (χ4v) is 3.58. The van der Waals surface area contributed by atoms with Crippen molar-refractivity contribution in [1.29, 1.82) is 0 Å². The SMILES string of the molecule is COc1ccc2ccccc2c1CNS(=O)(=O)c1ccc(N)cc1. The predicted molar refractivity (Wildman–Crippen MR) is 95.4 cm³/mol. The van der Waals surface area contributed by atoms with E-state index in [2.05, 4.69) is 4.72 Å². The highest BCUT2D eigenvalue weighted by Gasteiger charge is 2.16. The van der Waals surface area contributed by atoms with Crippen molar-refractivity contribution in [1.82, 2.24) is 4.72 Å². The maximum atomic E-state index is 12.5. The van der Waals surface area contributed by atoms with Crippen molar-refractivity contribution >= 4 is 26.5 Å². The Morgan fingerprint density at radius 3 is 2.42 bits per heavy atom. The summed E-state index contributed by atoms with van der Waals surface area (Å²) in [4.78, 5) is 0.177. The Hall–Kier alpha value is -2.57. The third kappa shape index (κ3) is 3.20. The molecule has 3 aromatic carbocycles. The van der Waals surface area contributed by atoms with Crippen LogP contribution in [0.15, 0.2) is 65.6 Å². The van der Waals surface area contributed by atoms with Crippen LogP contribution in [0.4, 0.5) is 5.69 Å². The predicted octanol–water partition coefficient (Wildman–Crippen LogP) is 2.91. The second kappa shape index (κ2) is 6.51. The van der Waals surface area contributed by atoms with Crippen LogP contribution in [0.3, 0.4) is 0 Å². The Kier molecular flexibility index (Phi) is 4.42. The van der Waals surface area contributed by atoms with Gasteiger partial charge in [-0.15, -0.1) is 0 Å². The number of methoxy groups -OCH3 is 1. The molecule has 0 heterocycles. The lowest BCUT2D eigenvalue weighted by atomic mass is 10.0. The summed E-state index contributed by atoms with van der Waals surface area (Å²) >= 11 is 0. The molecule has 0 aliphatic rings. The van der Waals surface area contributed by atoms with Crippen molar-refractivity contribution in [2.45, 2.75) is 11.4 Å². The van der Waals surface area contributed by atoms with Crippen LogP contribution in [-0.2, 0) is 16.6 Å². The summed E-state index contributed by atoms with van der Waals surface area (Å²) in [6.07, 6.45) is 0. The van der Waals surface area contributed by atoms with Crippen LogP contribution in [0, 0.1) is 0 Å². The molecule has 0 saturated carbocycles. The lowest BCUT2D eigenvalue weighted by molar-refractivity contribution is 0.410. The number of anilines is 1. The molecule has 0 spiro atoms. The van der Waals surface area contributed by atoms with Crippen molar-refractivity contribution in [3.8, 4) is 5.75 Å². The second-order valence-corrected chi connectivity index (χ2v) is 7.13. The number of hydrogen-bond acceptors (Lipinski definition) is 4. The molecule has 0 aromatic heterocycles. The van der Waals surface area contributed by atoms with Gasteiger partial charge in [0.25, 0.3) is 0 Å². The van der Waals surface area contributed by atoms with E-state index in [1.54, 1.807) is 19.2 Å². The maximum Gasteiger partial charge on any atom is 0.240 e. The molecule has 6 heteroatoms. The molecule has 0 bridgehead atoms. The fraction of sp³-hybridized carbons (Fsp3) is 0.111. The number of nitrogens with two attached hydrogens (primary N) is 1. The topological polar surface area (TPSA) is 81.4 Å². The van der Waals surface area contributed by atoms with Crippen molar-refractivity contribution < 1.29 is 13.2 Å². The molecule has 3 aromatic rings. The molecular formula is C18H18N2O3S. The molecule has 0 amide bonds. The normalized spacial score (nSPS) is 11.5. The van der Waals surface area contributed by atoms with Gasteiger partial charge >= 0.3 is 0 Å². The summed E-state index contributed by atoms with van der Waals surface area (Å²) < 4.78 is 32.9. The molecule has 24 heavy (non-hydrogen) atoms. The van der Waals surface area contributed by atoms with E-state index in [-0.39, 0.29) is 11.4 Å². The van der Waals surface area contributed by atoms with Crippen LogP contribution in [0.1, 0.15) is 5.56 Å². The molecule has 0 atom stereocenters. The molecule has 124 valence electrons. The summed E-state index contributed by atoms with van der Waals surface area (Å²) in [5, 5.41) is 1.98. The standard InChI is InChI=1S/C18H18N2O3S/c1-23-18-11-6-13-4-2-3-5-16(13)17(18)12-20-24(21,22)15-9-7-14(19)8-10-15/h2-11,20H,12,19H2,1H3. The van der Waals surface area contributed by atoms with Gasteiger partial charge in [0.15, 0.2) is 0 Å². The van der Waals surface area contributed by atoms with Gasteiger partial charge < -0.3 is 10.5 Å². The Morgan fingerprint density at radius 2 is 1.71 bits per heavy atom. The minimum absolute atomic E-state index is 0.136. The van der Waals surface area contributed by atoms with Crippen LogP contribution >= 0.6 is 0 Å². The molecule has 3 N–H and O–H groups in total. The highest BCUT2D eigenvalue weighted by molar-refractivity contribution is 7.89. The minimum Gasteiger partial charge on any atom is -0.496 e. The first kappa shape index (κ1) is 16.3. The monoisotopic (exact) mass is 342 g/mol. The minimum atomic E-state index is -3.63. The Balaban J connectivity index is 1.94. The van der Waals surface area contributed by atoms with Crippen LogP contribution in [-0.4, -0.2) is 15.5 Å². The van der Waals surface area contributed by atoms with E-state index in [1.165, 1.54) is 12.1 Å². The largest absolute Gasteiger partial charge is 0.496 e. The van der Waals surface area contributed by atoms with Crippen LogP contribution in [0.2, 0.25) is 0 Å². The molecule has 5 nitrogen and oxygen atoms in total. The zero-order valence-corrected chi connectivity index (χ0v) is 14.0. The molecule has 0 aliphatic heterocycles. The first-order valence-electron chi connectivity index (χ1n) is 7.41. The van der Waals surface area contributed by atoms with Gasteiger partial charge in [-0.2, -0.15) is 0 Å². The van der Waals surface area contributed by atoms with Gasteiger partial charge in [-0.1, -0.05) is 30.3 Å². The number of fused-ring (bicyclic) bond motifs is 1. The number of hydrogen-bond donors (Lipinski definition) is 2. The Morgan fingerprint density at radius 1 is 1.00 bits per heavy atom. The molecule has 0 saturated heterocycles. The van der Waals surface area contributed by atoms with E-state index in [4.69, 9.17) is 10.5 Å². The molecule has 3 rings (SSSR count). The van der Waals surface area contributed by atoms with Gasteiger partial charge in [0.2, 0.25) is 10.0 Å². The maximum absolute atomic E-state index is 12.5. The molecule has 0 unspecified atom stereocenters. The van der Waals surface area contributed by atoms with Crippen molar-refractivity contribution in [2.75, 3.05) is 12.8 Å². The molecular weight excluding hydrogens is 324 g/mol. The highest BCUT2D eigenvalue weighted by atomic mass is 32.2. The number of ether oxygens (including phenoxy) is 1. The summed E-state index contributed by atoms with van der Waals surface area (Å²) in [5.74, 6) is 0.647. The lowest BCUT2D eigenvalue weighted by Crippen LogP contribution is -2.23. The number of benzene rings is 3. The summed E-state index contributed by atoms with van der Waals surface area (Å²) in [6, 6.07) is 17.7. The lowest BCUT2D eigenvalue weighted by Gasteiger charge is -2.13. The first-order chi connectivity index (χ1) is 11.5. The quantitative estimate of drug-likeness (QED) is 0.699. The summed E-state index contributed by atoms with van der Waals surface area (Å²) in [5.41, 5.74) is 6.92. The molecule has 0 fully saturated rings. The van der Waals surface area contributed by atoms with E-state index < -0.39 is 10.0 Å². The Bertz CT molecular complexity index is 967. The Labute approximate surface area is 141 Å². The zero-order valence-electron chi connectivity index (χ0n) is 13.2. The number of sulfonamides is 1. The second-order valence-electron chi connectivity index (χ2n) is 5.36. The van der Waals surface area contributed by atoms with Gasteiger partial charge in [0.05, 0.1) is 12.0 Å². The van der Waals surface area contributed by atoms with Crippen LogP contribution in [0.25, 0.3) is 10.8 Å². The fourth-order valence-electron chi connectivity index (χ4n) is 2.59. The van der Waals surface area contributed by atoms with E-state index in [0.717, 1.165) is 16.3 Å². The van der Waals surface area contributed by atoms with Gasteiger partial charge in [-0.3, -0.25) is 0 Å². The zero-order chi connectivity index (χ0) is 17.2. The van der Waals surface area contributed by atoms with E-state index in [0.29, 0.717) is 11.4 Å². The average Bonchev–Trinajstić information content (AvgIpc) is 2.60. The van der Waals surface area contributed by atoms with Gasteiger partial charge in [-0.05, 0) is 41.1 Å². The molecule has 0 radical (unpaired) electrons. The first-order valence-corrected chi connectivity index (χ1v) is 8.89. The number of nitrogen functional groups attached to an aromatic ring is 1. The van der Waals surface area contributed by atoms with Crippen molar-refractivity contribution in [3.63, 3.8) is 0 Å². The van der Waals surface area contributed by atoms with E-state index in [1.807, 2.05) is 36.4 Å². The summed E-state index contributed by atoms with van der Waals surface area (Å²) in [6.45, 7) is 0.136. The third-order valence-electron chi connectivity index (χ3n) is 3.85. The van der Waals surface area contributed by atoms with Gasteiger partial charge in [0, 0.05) is 17.8 Å². The van der Waals surface area contributed by atoms with Crippen molar-refractivity contribution in [2.24, 2.45) is 0 Å². The van der Waals surface area contributed by atoms with Gasteiger partial charge in [0.1, 0.15) is 5.75 Å². The van der Waals surface area contributed by atoms with E-state index >= 15 is 0 Å². The van der Waals surface area contributed by atoms with E-state index in [9.17, 15) is 8.42 Å².